The van der Waals surface area contributed by atoms with Gasteiger partial charge < -0.3 is 4.90 Å². The molecule has 0 unspecified atom stereocenters. The fourth-order valence-electron chi connectivity index (χ4n) is 3.15. The monoisotopic (exact) mass is 301 g/mol. The van der Waals surface area contributed by atoms with Crippen LogP contribution < -0.4 is 4.90 Å². The van der Waals surface area contributed by atoms with Crippen molar-refractivity contribution in [2.45, 2.75) is 36.5 Å². The van der Waals surface area contributed by atoms with Crippen molar-refractivity contribution in [1.82, 2.24) is 0 Å². The van der Waals surface area contributed by atoms with Crippen LogP contribution in [0.15, 0.2) is 46.2 Å². The third-order valence-electron chi connectivity index (χ3n) is 4.20. The van der Waals surface area contributed by atoms with E-state index >= 15 is 0 Å². The Morgan fingerprint density at radius 2 is 1.67 bits per heavy atom. The van der Waals surface area contributed by atoms with Crippen LogP contribution in [0.4, 0.5) is 11.4 Å². The summed E-state index contributed by atoms with van der Waals surface area (Å²) in [6, 6.07) is 10.9. The lowest BCUT2D eigenvalue weighted by molar-refractivity contribution is 0.594. The number of hydrogen-bond acceptors (Lipinski definition) is 3. The number of hydrogen-bond donors (Lipinski definition) is 0. The quantitative estimate of drug-likeness (QED) is 0.798. The molecule has 0 aliphatic carbocycles. The van der Waals surface area contributed by atoms with Gasteiger partial charge in [-0.2, -0.15) is 0 Å². The Balaban J connectivity index is 2.39. The second-order valence-electron chi connectivity index (χ2n) is 5.81. The molecule has 4 heteroatoms. The first-order chi connectivity index (χ1) is 9.85. The summed E-state index contributed by atoms with van der Waals surface area (Å²) in [5.74, 6) is 0.364. The average molecular weight is 301 g/mol. The highest BCUT2D eigenvalue weighted by molar-refractivity contribution is 7.92. The zero-order valence-electron chi connectivity index (χ0n) is 12.7. The minimum absolute atomic E-state index is 0.364. The number of nitrogens with zero attached hydrogens (tertiary/aromatic N) is 1. The van der Waals surface area contributed by atoms with Crippen molar-refractivity contribution in [1.29, 1.82) is 0 Å². The van der Waals surface area contributed by atoms with E-state index in [4.69, 9.17) is 0 Å². The molecule has 3 nitrogen and oxygen atoms in total. The zero-order chi connectivity index (χ0) is 15.4. The van der Waals surface area contributed by atoms with Crippen molar-refractivity contribution in [2.75, 3.05) is 11.9 Å². The minimum atomic E-state index is -3.44. The zero-order valence-corrected chi connectivity index (χ0v) is 13.5. The minimum Gasteiger partial charge on any atom is -0.342 e. The van der Waals surface area contributed by atoms with E-state index in [2.05, 4.69) is 13.8 Å². The fraction of sp³-hybridized carbons (Fsp3) is 0.294. The van der Waals surface area contributed by atoms with Gasteiger partial charge in [0.1, 0.15) is 0 Å². The van der Waals surface area contributed by atoms with Gasteiger partial charge in [0, 0.05) is 7.05 Å². The number of anilines is 2. The van der Waals surface area contributed by atoms with Crippen molar-refractivity contribution < 1.29 is 8.42 Å². The lowest BCUT2D eigenvalue weighted by Crippen LogP contribution is -2.23. The second-order valence-corrected chi connectivity index (χ2v) is 7.70. The summed E-state index contributed by atoms with van der Waals surface area (Å²) >= 11 is 0. The molecule has 0 saturated heterocycles. The number of rotatable bonds is 1. The molecule has 0 bridgehead atoms. The van der Waals surface area contributed by atoms with E-state index in [1.807, 2.05) is 37.1 Å². The summed E-state index contributed by atoms with van der Waals surface area (Å²) in [4.78, 5) is 2.79. The highest BCUT2D eigenvalue weighted by Crippen LogP contribution is 2.46. The van der Waals surface area contributed by atoms with Crippen LogP contribution in [0.25, 0.3) is 0 Å². The van der Waals surface area contributed by atoms with E-state index < -0.39 is 9.84 Å². The van der Waals surface area contributed by atoms with Gasteiger partial charge in [-0.15, -0.1) is 0 Å². The maximum Gasteiger partial charge on any atom is 0.210 e. The van der Waals surface area contributed by atoms with Crippen LogP contribution in [-0.4, -0.2) is 15.5 Å². The first kappa shape index (κ1) is 14.1. The van der Waals surface area contributed by atoms with Crippen LogP contribution in [0, 0.1) is 6.92 Å². The Morgan fingerprint density at radius 3 is 2.33 bits per heavy atom. The number of fused-ring (bicyclic) bond motifs is 2. The molecule has 1 aliphatic rings. The molecule has 0 atom stereocenters. The molecule has 21 heavy (non-hydrogen) atoms. The van der Waals surface area contributed by atoms with Gasteiger partial charge in [-0.1, -0.05) is 32.0 Å². The third kappa shape index (κ3) is 1.89. The van der Waals surface area contributed by atoms with E-state index in [9.17, 15) is 8.42 Å². The van der Waals surface area contributed by atoms with Crippen LogP contribution in [0.5, 0.6) is 0 Å². The largest absolute Gasteiger partial charge is 0.342 e. The average Bonchev–Trinajstić information content (AvgIpc) is 2.44. The predicted molar refractivity (Wildman–Crippen MR) is 85.2 cm³/mol. The summed E-state index contributed by atoms with van der Waals surface area (Å²) in [6.07, 6.45) is 0. The van der Waals surface area contributed by atoms with Gasteiger partial charge in [-0.3, -0.25) is 0 Å². The molecule has 0 aromatic heterocycles. The lowest BCUT2D eigenvalue weighted by Gasteiger charge is -2.32. The molecule has 110 valence electrons. The van der Waals surface area contributed by atoms with E-state index in [1.165, 1.54) is 5.56 Å². The fourth-order valence-corrected chi connectivity index (χ4v) is 4.92. The topological polar surface area (TPSA) is 37.4 Å². The molecule has 0 radical (unpaired) electrons. The van der Waals surface area contributed by atoms with Crippen molar-refractivity contribution in [3.05, 3.63) is 47.5 Å². The maximum absolute atomic E-state index is 12.8. The molecule has 2 aromatic rings. The summed E-state index contributed by atoms with van der Waals surface area (Å²) in [6.45, 7) is 6.26. The van der Waals surface area contributed by atoms with Crippen molar-refractivity contribution in [3.8, 4) is 0 Å². The Bertz CT molecular complexity index is 823. The molecule has 1 aliphatic heterocycles. The summed E-state index contributed by atoms with van der Waals surface area (Å²) < 4.78 is 25.7. The van der Waals surface area contributed by atoms with Crippen molar-refractivity contribution in [3.63, 3.8) is 0 Å². The molecule has 0 spiro atoms. The Hall–Kier alpha value is -1.81. The Morgan fingerprint density at radius 1 is 1.00 bits per heavy atom. The molecule has 0 N–H and O–H groups in total. The molecule has 2 aromatic carbocycles. The maximum atomic E-state index is 12.8. The van der Waals surface area contributed by atoms with Crippen LogP contribution in [0.2, 0.25) is 0 Å². The normalized spacial score (nSPS) is 15.8. The van der Waals surface area contributed by atoms with Crippen molar-refractivity contribution >= 4 is 21.2 Å². The molecular weight excluding hydrogens is 282 g/mol. The van der Waals surface area contributed by atoms with Gasteiger partial charge in [0.15, 0.2) is 0 Å². The van der Waals surface area contributed by atoms with E-state index in [-0.39, 0.29) is 0 Å². The number of para-hydroxylation sites is 1. The number of sulfone groups is 1. The molecule has 3 rings (SSSR count). The van der Waals surface area contributed by atoms with Crippen molar-refractivity contribution in [2.24, 2.45) is 0 Å². The summed E-state index contributed by atoms with van der Waals surface area (Å²) in [7, 11) is -1.51. The Kier molecular flexibility index (Phi) is 3.10. The lowest BCUT2D eigenvalue weighted by atomic mass is 9.96. The second kappa shape index (κ2) is 4.60. The SMILES string of the molecule is Cc1c(C(C)C)ccc2c1N(C)c1ccccc1S2(=O)=O. The Labute approximate surface area is 126 Å². The van der Waals surface area contributed by atoms with E-state index in [1.54, 1.807) is 18.2 Å². The first-order valence-electron chi connectivity index (χ1n) is 7.07. The number of benzene rings is 2. The highest BCUT2D eigenvalue weighted by Gasteiger charge is 2.34. The van der Waals surface area contributed by atoms with Crippen LogP contribution >= 0.6 is 0 Å². The standard InChI is InChI=1S/C17H19NO2S/c1-11(2)13-9-10-16-17(12(13)3)18(4)14-7-5-6-8-15(14)21(16,19)20/h5-11H,1-4H3. The van der Waals surface area contributed by atoms with Crippen LogP contribution in [0.1, 0.15) is 30.9 Å². The van der Waals surface area contributed by atoms with E-state index in [0.29, 0.717) is 15.7 Å². The summed E-state index contributed by atoms with van der Waals surface area (Å²) in [5.41, 5.74) is 3.78. The van der Waals surface area contributed by atoms with Gasteiger partial charge in [0.2, 0.25) is 9.84 Å². The molecular formula is C17H19NO2S. The van der Waals surface area contributed by atoms with Gasteiger partial charge in [-0.25, -0.2) is 8.42 Å². The van der Waals surface area contributed by atoms with Gasteiger partial charge >= 0.3 is 0 Å². The van der Waals surface area contributed by atoms with Gasteiger partial charge in [0.05, 0.1) is 21.2 Å². The van der Waals surface area contributed by atoms with Gasteiger partial charge in [-0.05, 0) is 42.2 Å². The van der Waals surface area contributed by atoms with Gasteiger partial charge in [0.25, 0.3) is 0 Å². The molecule has 1 heterocycles. The molecule has 0 fully saturated rings. The van der Waals surface area contributed by atoms with E-state index in [0.717, 1.165) is 16.9 Å². The third-order valence-corrected chi connectivity index (χ3v) is 6.03. The predicted octanol–water partition coefficient (Wildman–Crippen LogP) is 4.03. The summed E-state index contributed by atoms with van der Waals surface area (Å²) in [5, 5.41) is 0. The molecule has 0 saturated carbocycles. The van der Waals surface area contributed by atoms with Crippen LogP contribution in [-0.2, 0) is 9.84 Å². The smallest absolute Gasteiger partial charge is 0.210 e. The highest BCUT2D eigenvalue weighted by atomic mass is 32.2. The molecule has 0 amide bonds. The van der Waals surface area contributed by atoms with Crippen LogP contribution in [0.3, 0.4) is 0 Å². The first-order valence-corrected chi connectivity index (χ1v) is 8.55.